The molecular weight excluding hydrogens is 647 g/mol. The lowest BCUT2D eigenvalue weighted by Crippen LogP contribution is -2.49. The maximum Gasteiger partial charge on any atom is 0.459 e. The summed E-state index contributed by atoms with van der Waals surface area (Å²) in [6.45, 7) is 3.95. The van der Waals surface area contributed by atoms with Gasteiger partial charge in [-0.05, 0) is 49.9 Å². The van der Waals surface area contributed by atoms with E-state index >= 15 is 0 Å². The molecule has 16 nitrogen and oxygen atoms in total. The molecule has 3 heterocycles. The van der Waals surface area contributed by atoms with Crippen molar-refractivity contribution < 1.29 is 46.9 Å². The van der Waals surface area contributed by atoms with Gasteiger partial charge in [0.25, 0.3) is 0 Å². The lowest BCUT2D eigenvalue weighted by Gasteiger charge is -2.30. The van der Waals surface area contributed by atoms with Crippen LogP contribution in [0.15, 0.2) is 48.8 Å². The predicted octanol–water partition coefficient (Wildman–Crippen LogP) is 3.42. The van der Waals surface area contributed by atoms with E-state index in [2.05, 4.69) is 15.2 Å². The van der Waals surface area contributed by atoms with E-state index < -0.39 is 62.2 Å². The molecule has 256 valence electrons. The lowest BCUT2D eigenvalue weighted by atomic mass is 9.95. The monoisotopic (exact) mass is 684 g/mol. The number of nitrogen functional groups attached to an aromatic ring is 1. The van der Waals surface area contributed by atoms with Crippen molar-refractivity contribution in [3.63, 3.8) is 0 Å². The van der Waals surface area contributed by atoms with Gasteiger partial charge in [-0.2, -0.15) is 15.4 Å². The molecule has 2 fully saturated rings. The van der Waals surface area contributed by atoms with Crippen molar-refractivity contribution in [3.8, 4) is 11.8 Å². The number of hydrogen-bond donors (Lipinski definition) is 2. The molecule has 5 rings (SSSR count). The number of esters is 3. The quantitative estimate of drug-likeness (QED) is 0.133. The van der Waals surface area contributed by atoms with Gasteiger partial charge in [0.15, 0.2) is 18.0 Å². The number of ether oxygens (including phenoxy) is 4. The van der Waals surface area contributed by atoms with Gasteiger partial charge in [0.1, 0.15) is 42.4 Å². The van der Waals surface area contributed by atoms with Crippen LogP contribution in [-0.4, -0.2) is 69.6 Å². The van der Waals surface area contributed by atoms with Gasteiger partial charge in [-0.15, -0.1) is 0 Å². The molecule has 3 N–H and O–H groups in total. The van der Waals surface area contributed by atoms with E-state index in [1.165, 1.54) is 29.9 Å². The molecule has 17 heteroatoms. The minimum absolute atomic E-state index is 0.0451. The molecule has 1 aliphatic heterocycles. The number of benzene rings is 1. The number of anilines is 1. The molecule has 1 saturated heterocycles. The SMILES string of the molecule is CCC(=O)O[C@@H]1[C@H](c2ccc3c(N)ncnn23)O[C@](C#N)(COP(=O)(N[C@@H](C)C(=O)OCC2CC2)Oc2ccccc2)[C@H]1OC(=O)CC. The Hall–Kier alpha value is -4.55. The summed E-state index contributed by atoms with van der Waals surface area (Å²) in [4.78, 5) is 42.2. The molecule has 3 aromatic rings. The average molecular weight is 685 g/mol. The van der Waals surface area contributed by atoms with Gasteiger partial charge >= 0.3 is 25.7 Å². The Morgan fingerprint density at radius 2 is 1.85 bits per heavy atom. The van der Waals surface area contributed by atoms with Crippen molar-refractivity contribution in [3.05, 3.63) is 54.5 Å². The summed E-state index contributed by atoms with van der Waals surface area (Å²) in [6.07, 6.45) is -1.22. The Morgan fingerprint density at radius 3 is 2.52 bits per heavy atom. The van der Waals surface area contributed by atoms with Gasteiger partial charge < -0.3 is 29.2 Å². The third-order valence-corrected chi connectivity index (χ3v) is 9.39. The van der Waals surface area contributed by atoms with E-state index in [1.807, 2.05) is 6.07 Å². The summed E-state index contributed by atoms with van der Waals surface area (Å²) in [6, 6.07) is 12.1. The molecular formula is C31H37N6O10P. The fraction of sp³-hybridized carbons (Fsp3) is 0.484. The average Bonchev–Trinajstić information content (AvgIpc) is 3.74. The fourth-order valence-electron chi connectivity index (χ4n) is 4.98. The van der Waals surface area contributed by atoms with Crippen molar-refractivity contribution in [2.45, 2.75) is 76.4 Å². The summed E-state index contributed by atoms with van der Waals surface area (Å²) in [5.41, 5.74) is 4.50. The van der Waals surface area contributed by atoms with Crippen molar-refractivity contribution >= 4 is 37.0 Å². The summed E-state index contributed by atoms with van der Waals surface area (Å²) in [5.74, 6) is -1.52. The van der Waals surface area contributed by atoms with E-state index in [0.717, 1.165) is 12.8 Å². The molecule has 6 atom stereocenters. The third-order valence-electron chi connectivity index (χ3n) is 7.77. The van der Waals surface area contributed by atoms with E-state index in [9.17, 15) is 24.2 Å². The summed E-state index contributed by atoms with van der Waals surface area (Å²) in [7, 11) is -4.51. The summed E-state index contributed by atoms with van der Waals surface area (Å²) in [5, 5.41) is 17.5. The first-order valence-electron chi connectivity index (χ1n) is 15.5. The number of carbonyl (C=O) groups is 3. The number of nitrogens with one attached hydrogen (secondary N) is 1. The summed E-state index contributed by atoms with van der Waals surface area (Å²) >= 11 is 0. The Bertz CT molecular complexity index is 1730. The topological polar surface area (TPSA) is 216 Å². The third kappa shape index (κ3) is 7.77. The number of nitrogens with two attached hydrogens (primary N) is 1. The number of aromatic nitrogens is 3. The van der Waals surface area contributed by atoms with Crippen LogP contribution in [0.5, 0.6) is 5.75 Å². The second-order valence-electron chi connectivity index (χ2n) is 11.4. The highest BCUT2D eigenvalue weighted by Gasteiger charge is 2.62. The standard InChI is InChI=1S/C31H37N6O10P/c1-4-24(38)44-27-26(22-13-14-23-29(33)34-18-35-37(22)23)46-31(16-32,28(27)45-25(39)5-2)17-43-48(41,47-21-9-7-6-8-10-21)36-19(3)30(40)42-15-20-11-12-20/h6-10,13-14,18-20,26-28H,4-5,11-12,15,17H2,1-3H3,(H,36,41)(H2,33,34,35)/t19-,26-,27+,28-,31+,48?/m0/s1. The molecule has 2 aliphatic rings. The van der Waals surface area contributed by atoms with Gasteiger partial charge in [-0.3, -0.25) is 18.9 Å². The van der Waals surface area contributed by atoms with Crippen LogP contribution < -0.4 is 15.3 Å². The van der Waals surface area contributed by atoms with Gasteiger partial charge in [-0.1, -0.05) is 32.0 Å². The number of carbonyl (C=O) groups excluding carboxylic acids is 3. The number of para-hydroxylation sites is 1. The minimum Gasteiger partial charge on any atom is -0.464 e. The first-order chi connectivity index (χ1) is 23.0. The maximum atomic E-state index is 14.3. The lowest BCUT2D eigenvalue weighted by molar-refractivity contribution is -0.169. The molecule has 0 amide bonds. The second-order valence-corrected chi connectivity index (χ2v) is 13.1. The molecule has 2 aromatic heterocycles. The first-order valence-corrected chi connectivity index (χ1v) is 17.1. The van der Waals surface area contributed by atoms with Gasteiger partial charge in [0, 0.05) is 12.8 Å². The van der Waals surface area contributed by atoms with Crippen molar-refractivity contribution in [2.24, 2.45) is 5.92 Å². The van der Waals surface area contributed by atoms with Crippen LogP contribution in [0.1, 0.15) is 58.3 Å². The van der Waals surface area contributed by atoms with Crippen LogP contribution in [0.3, 0.4) is 0 Å². The van der Waals surface area contributed by atoms with Crippen molar-refractivity contribution in [1.82, 2.24) is 19.7 Å². The van der Waals surface area contributed by atoms with Crippen LogP contribution in [0.4, 0.5) is 5.82 Å². The van der Waals surface area contributed by atoms with Gasteiger partial charge in [0.2, 0.25) is 5.60 Å². The van der Waals surface area contributed by atoms with Gasteiger partial charge in [-0.25, -0.2) is 14.1 Å². The minimum atomic E-state index is -4.51. The Labute approximate surface area is 276 Å². The zero-order chi connectivity index (χ0) is 34.5. The van der Waals surface area contributed by atoms with Crippen LogP contribution >= 0.6 is 7.75 Å². The zero-order valence-electron chi connectivity index (χ0n) is 26.6. The van der Waals surface area contributed by atoms with Crippen LogP contribution in [0.2, 0.25) is 0 Å². The molecule has 48 heavy (non-hydrogen) atoms. The summed E-state index contributed by atoms with van der Waals surface area (Å²) < 4.78 is 50.4. The molecule has 1 unspecified atom stereocenters. The van der Waals surface area contributed by atoms with Crippen LogP contribution in [0, 0.1) is 17.2 Å². The second kappa shape index (κ2) is 14.7. The molecule has 1 aliphatic carbocycles. The van der Waals surface area contributed by atoms with Crippen molar-refractivity contribution in [2.75, 3.05) is 18.9 Å². The van der Waals surface area contributed by atoms with E-state index in [4.69, 9.17) is 33.7 Å². The predicted molar refractivity (Wildman–Crippen MR) is 167 cm³/mol. The van der Waals surface area contributed by atoms with E-state index in [0.29, 0.717) is 11.4 Å². The van der Waals surface area contributed by atoms with Gasteiger partial charge in [0.05, 0.1) is 12.3 Å². The Kier molecular flexibility index (Phi) is 10.6. The Balaban J connectivity index is 1.50. The normalized spacial score (nSPS) is 23.8. The highest BCUT2D eigenvalue weighted by atomic mass is 31.2. The fourth-order valence-corrected chi connectivity index (χ4v) is 6.50. The van der Waals surface area contributed by atoms with Crippen LogP contribution in [0.25, 0.3) is 5.52 Å². The number of fused-ring (bicyclic) bond motifs is 1. The van der Waals surface area contributed by atoms with Crippen LogP contribution in [-0.2, 0) is 42.4 Å². The van der Waals surface area contributed by atoms with E-state index in [1.54, 1.807) is 44.2 Å². The number of nitriles is 1. The highest BCUT2D eigenvalue weighted by molar-refractivity contribution is 7.52. The van der Waals surface area contributed by atoms with E-state index in [-0.39, 0.29) is 36.7 Å². The molecule has 0 radical (unpaired) electrons. The highest BCUT2D eigenvalue weighted by Crippen LogP contribution is 2.50. The largest absolute Gasteiger partial charge is 0.464 e. The molecule has 0 spiro atoms. The Morgan fingerprint density at radius 1 is 1.15 bits per heavy atom. The molecule has 0 bridgehead atoms. The molecule has 1 aromatic carbocycles. The number of hydrogen-bond acceptors (Lipinski definition) is 14. The number of rotatable bonds is 15. The zero-order valence-corrected chi connectivity index (χ0v) is 27.5. The first kappa shape index (κ1) is 34.8. The smallest absolute Gasteiger partial charge is 0.459 e. The number of nitrogens with zero attached hydrogens (tertiary/aromatic N) is 4. The maximum absolute atomic E-state index is 14.3. The van der Waals surface area contributed by atoms with Crippen molar-refractivity contribution in [1.29, 1.82) is 5.26 Å². The molecule has 1 saturated carbocycles.